The van der Waals surface area contributed by atoms with Crippen molar-refractivity contribution in [1.29, 1.82) is 5.26 Å². The van der Waals surface area contributed by atoms with Gasteiger partial charge in [0.2, 0.25) is 11.8 Å². The third kappa shape index (κ3) is 4.85. The van der Waals surface area contributed by atoms with E-state index in [1.807, 2.05) is 0 Å². The minimum Gasteiger partial charge on any atom is -0.494 e. The maximum absolute atomic E-state index is 14.4. The number of halogens is 2. The van der Waals surface area contributed by atoms with Crippen LogP contribution in [0, 0.1) is 29.0 Å². The molecule has 1 aromatic carbocycles. The first-order valence-electron chi connectivity index (χ1n) is 12.1. The monoisotopic (exact) mass is 515 g/mol. The Kier molecular flexibility index (Phi) is 6.29. The van der Waals surface area contributed by atoms with Crippen LogP contribution in [0.5, 0.6) is 5.75 Å². The van der Waals surface area contributed by atoms with E-state index in [4.69, 9.17) is 16.3 Å². The number of hydrogen-bond acceptors (Lipinski definition) is 5. The topological polar surface area (TPSA) is 136 Å². The molecule has 1 aliphatic heterocycles. The minimum atomic E-state index is -0.880. The summed E-state index contributed by atoms with van der Waals surface area (Å²) in [5.74, 6) is -1.58. The second kappa shape index (κ2) is 9.28. The van der Waals surface area contributed by atoms with Crippen molar-refractivity contribution in [3.05, 3.63) is 28.7 Å². The zero-order chi connectivity index (χ0) is 25.6. The highest BCUT2D eigenvalue weighted by Crippen LogP contribution is 2.46. The standard InChI is InChI=1S/C25H27ClFN5O4/c1-36-21-15-8-19(30-20(15)17(27)9-16(21)26)24(35)31-18(6-12-2-3-12)23(34)29-14(11-28)7-13-10-25(4-5-25)32-22(13)33/h8-9,12-14,18,30H,2-7,10H2,1H3,(H,29,34)(H,31,35)(H,32,33). The third-order valence-corrected chi connectivity index (χ3v) is 7.63. The first kappa shape index (κ1) is 24.4. The molecule has 0 bridgehead atoms. The zero-order valence-electron chi connectivity index (χ0n) is 19.7. The van der Waals surface area contributed by atoms with E-state index < -0.39 is 29.7 Å². The quantitative estimate of drug-likeness (QED) is 0.407. The number of aromatic nitrogens is 1. The van der Waals surface area contributed by atoms with Gasteiger partial charge in [-0.2, -0.15) is 5.26 Å². The maximum Gasteiger partial charge on any atom is 0.268 e. The highest BCUT2D eigenvalue weighted by atomic mass is 35.5. The van der Waals surface area contributed by atoms with Crippen LogP contribution in [0.4, 0.5) is 4.39 Å². The lowest BCUT2D eigenvalue weighted by Crippen LogP contribution is -2.50. The van der Waals surface area contributed by atoms with E-state index in [1.165, 1.54) is 13.2 Å². The Morgan fingerprint density at radius 1 is 1.31 bits per heavy atom. The number of nitrogens with one attached hydrogen (secondary N) is 4. The fourth-order valence-electron chi connectivity index (χ4n) is 5.03. The van der Waals surface area contributed by atoms with Gasteiger partial charge in [-0.15, -0.1) is 0 Å². The number of ether oxygens (including phenoxy) is 1. The number of methoxy groups -OCH3 is 1. The van der Waals surface area contributed by atoms with Crippen LogP contribution in [-0.4, -0.2) is 47.4 Å². The minimum absolute atomic E-state index is 0.0484. The number of nitrogens with zero attached hydrogens (tertiary/aromatic N) is 1. The number of hydrogen-bond donors (Lipinski definition) is 4. The van der Waals surface area contributed by atoms with Gasteiger partial charge in [0.25, 0.3) is 5.91 Å². The second-order valence-electron chi connectivity index (χ2n) is 10.1. The Labute approximate surface area is 212 Å². The van der Waals surface area contributed by atoms with E-state index in [0.29, 0.717) is 24.1 Å². The van der Waals surface area contributed by atoms with Gasteiger partial charge in [0.15, 0.2) is 0 Å². The van der Waals surface area contributed by atoms with Gasteiger partial charge in [-0.3, -0.25) is 14.4 Å². The van der Waals surface area contributed by atoms with Crippen LogP contribution in [0.3, 0.4) is 0 Å². The summed E-state index contributed by atoms with van der Waals surface area (Å²) in [5, 5.41) is 18.5. The van der Waals surface area contributed by atoms with Crippen LogP contribution in [0.2, 0.25) is 5.02 Å². The Morgan fingerprint density at radius 3 is 2.67 bits per heavy atom. The summed E-state index contributed by atoms with van der Waals surface area (Å²) >= 11 is 6.05. The zero-order valence-corrected chi connectivity index (χ0v) is 20.5. The Hall–Kier alpha value is -3.32. The van der Waals surface area contributed by atoms with Crippen LogP contribution in [0.15, 0.2) is 12.1 Å². The molecular weight excluding hydrogens is 489 g/mol. The summed E-state index contributed by atoms with van der Waals surface area (Å²) in [4.78, 5) is 41.2. The van der Waals surface area contributed by atoms with Gasteiger partial charge in [-0.1, -0.05) is 24.4 Å². The van der Waals surface area contributed by atoms with Gasteiger partial charge < -0.3 is 25.7 Å². The van der Waals surface area contributed by atoms with Crippen LogP contribution in [0.1, 0.15) is 55.4 Å². The first-order chi connectivity index (χ1) is 17.2. The van der Waals surface area contributed by atoms with Crippen molar-refractivity contribution in [2.24, 2.45) is 11.8 Å². The van der Waals surface area contributed by atoms with Gasteiger partial charge in [0.1, 0.15) is 29.3 Å². The summed E-state index contributed by atoms with van der Waals surface area (Å²) in [6.45, 7) is 0. The Bertz CT molecular complexity index is 1280. The van der Waals surface area contributed by atoms with Crippen molar-refractivity contribution in [3.63, 3.8) is 0 Å². The molecule has 3 unspecified atom stereocenters. The predicted molar refractivity (Wildman–Crippen MR) is 129 cm³/mol. The van der Waals surface area contributed by atoms with E-state index >= 15 is 0 Å². The van der Waals surface area contributed by atoms with Crippen LogP contribution < -0.4 is 20.7 Å². The van der Waals surface area contributed by atoms with Gasteiger partial charge in [0, 0.05) is 16.8 Å². The average molecular weight is 516 g/mol. The molecule has 2 heterocycles. The van der Waals surface area contributed by atoms with Crippen molar-refractivity contribution in [2.75, 3.05) is 7.11 Å². The molecule has 3 aliphatic rings. The molecule has 11 heteroatoms. The lowest BCUT2D eigenvalue weighted by Gasteiger charge is -2.21. The number of nitriles is 1. The highest BCUT2D eigenvalue weighted by Gasteiger charge is 2.52. The number of carbonyl (C=O) groups is 3. The van der Waals surface area contributed by atoms with Crippen LogP contribution >= 0.6 is 11.6 Å². The van der Waals surface area contributed by atoms with E-state index in [1.54, 1.807) is 0 Å². The predicted octanol–water partition coefficient (Wildman–Crippen LogP) is 2.93. The third-order valence-electron chi connectivity index (χ3n) is 7.35. The smallest absolute Gasteiger partial charge is 0.268 e. The lowest BCUT2D eigenvalue weighted by molar-refractivity contribution is -0.125. The number of amides is 3. The first-order valence-corrected chi connectivity index (χ1v) is 12.5. The Morgan fingerprint density at radius 2 is 2.06 bits per heavy atom. The molecule has 1 aromatic heterocycles. The molecular formula is C25H27ClFN5O4. The van der Waals surface area contributed by atoms with Gasteiger partial charge in [-0.25, -0.2) is 4.39 Å². The molecule has 2 aliphatic carbocycles. The molecule has 3 atom stereocenters. The van der Waals surface area contributed by atoms with Crippen molar-refractivity contribution in [3.8, 4) is 11.8 Å². The van der Waals surface area contributed by atoms with Crippen molar-refractivity contribution >= 4 is 40.2 Å². The van der Waals surface area contributed by atoms with E-state index in [-0.39, 0.29) is 45.8 Å². The average Bonchev–Trinajstić information content (AvgIpc) is 3.73. The molecule has 190 valence electrons. The summed E-state index contributed by atoms with van der Waals surface area (Å²) in [7, 11) is 1.40. The second-order valence-corrected chi connectivity index (χ2v) is 10.6. The number of carbonyl (C=O) groups excluding carboxylic acids is 3. The molecule has 3 amide bonds. The highest BCUT2D eigenvalue weighted by molar-refractivity contribution is 6.33. The lowest BCUT2D eigenvalue weighted by atomic mass is 9.95. The molecule has 2 saturated carbocycles. The SMILES string of the molecule is COc1c(Cl)cc(F)c2[nH]c(C(=O)NC(CC3CC3)C(=O)NC(C#N)CC3CC4(CC4)NC3=O)cc12. The van der Waals surface area contributed by atoms with E-state index in [2.05, 4.69) is 27.0 Å². The summed E-state index contributed by atoms with van der Waals surface area (Å²) in [5.41, 5.74) is 0.00453. The number of aromatic amines is 1. The molecule has 36 heavy (non-hydrogen) atoms. The van der Waals surface area contributed by atoms with Gasteiger partial charge >= 0.3 is 0 Å². The number of benzene rings is 1. The molecule has 9 nitrogen and oxygen atoms in total. The number of rotatable bonds is 9. The molecule has 4 N–H and O–H groups in total. The number of H-pyrrole nitrogens is 1. The molecule has 3 fully saturated rings. The molecule has 2 aromatic rings. The summed E-state index contributed by atoms with van der Waals surface area (Å²) < 4.78 is 19.7. The van der Waals surface area contributed by atoms with Crippen molar-refractivity contribution in [2.45, 2.75) is 62.6 Å². The molecule has 5 rings (SSSR count). The fourth-order valence-corrected chi connectivity index (χ4v) is 5.31. The summed E-state index contributed by atoms with van der Waals surface area (Å²) in [6, 6.07) is 2.87. The number of fused-ring (bicyclic) bond motifs is 1. The van der Waals surface area contributed by atoms with E-state index in [9.17, 15) is 24.0 Å². The van der Waals surface area contributed by atoms with Crippen LogP contribution in [0.25, 0.3) is 10.9 Å². The molecule has 1 spiro atoms. The van der Waals surface area contributed by atoms with Crippen molar-refractivity contribution < 1.29 is 23.5 Å². The molecule has 1 saturated heterocycles. The largest absolute Gasteiger partial charge is 0.494 e. The van der Waals surface area contributed by atoms with Gasteiger partial charge in [-0.05, 0) is 50.2 Å². The van der Waals surface area contributed by atoms with Crippen molar-refractivity contribution in [1.82, 2.24) is 20.9 Å². The normalized spacial score (nSPS) is 21.5. The maximum atomic E-state index is 14.4. The summed E-state index contributed by atoms with van der Waals surface area (Å²) in [6.07, 6.45) is 5.13. The van der Waals surface area contributed by atoms with E-state index in [0.717, 1.165) is 31.7 Å². The Balaban J connectivity index is 1.28. The molecule has 0 radical (unpaired) electrons. The fraction of sp³-hybridized carbons (Fsp3) is 0.520. The van der Waals surface area contributed by atoms with Gasteiger partial charge in [0.05, 0.1) is 23.7 Å². The van der Waals surface area contributed by atoms with Crippen LogP contribution in [-0.2, 0) is 9.59 Å².